The van der Waals surface area contributed by atoms with E-state index in [-0.39, 0.29) is 19.1 Å². The van der Waals surface area contributed by atoms with Crippen LogP contribution in [0, 0.1) is 0 Å². The molecule has 0 atom stereocenters. The quantitative estimate of drug-likeness (QED) is 0.666. The highest BCUT2D eigenvalue weighted by molar-refractivity contribution is 5.72. The molecule has 1 fully saturated rings. The molecule has 2 N–H and O–H groups in total. The van der Waals surface area contributed by atoms with Crippen molar-refractivity contribution in [2.75, 3.05) is 33.2 Å². The summed E-state index contributed by atoms with van der Waals surface area (Å²) in [5.74, 6) is -1.94. The van der Waals surface area contributed by atoms with Crippen molar-refractivity contribution in [1.82, 2.24) is 9.80 Å². The molecule has 0 saturated carbocycles. The first-order chi connectivity index (χ1) is 7.49. The second-order valence-electron chi connectivity index (χ2n) is 4.23. The fourth-order valence-corrected chi connectivity index (χ4v) is 2.02. The number of likely N-dealkylation sites (tertiary alicyclic amines) is 1. The maximum atomic E-state index is 10.7. The van der Waals surface area contributed by atoms with Crippen LogP contribution in [0.3, 0.4) is 0 Å². The number of carboxylic acids is 2. The Morgan fingerprint density at radius 1 is 1.19 bits per heavy atom. The largest absolute Gasteiger partial charge is 0.480 e. The van der Waals surface area contributed by atoms with Crippen LogP contribution < -0.4 is 0 Å². The van der Waals surface area contributed by atoms with Crippen LogP contribution in [0.4, 0.5) is 0 Å². The van der Waals surface area contributed by atoms with E-state index in [0.29, 0.717) is 0 Å². The molecule has 16 heavy (non-hydrogen) atoms. The molecule has 1 saturated heterocycles. The molecule has 0 aromatic heterocycles. The predicted octanol–water partition coefficient (Wildman–Crippen LogP) is -0.448. The van der Waals surface area contributed by atoms with Crippen LogP contribution in [-0.2, 0) is 9.59 Å². The van der Waals surface area contributed by atoms with Crippen LogP contribution in [0.25, 0.3) is 0 Å². The van der Waals surface area contributed by atoms with E-state index in [0.717, 1.165) is 25.9 Å². The summed E-state index contributed by atoms with van der Waals surface area (Å²) in [5.41, 5.74) is 0. The van der Waals surface area contributed by atoms with Crippen molar-refractivity contribution in [3.8, 4) is 0 Å². The van der Waals surface area contributed by atoms with Gasteiger partial charge in [0.1, 0.15) is 0 Å². The second-order valence-corrected chi connectivity index (χ2v) is 4.23. The van der Waals surface area contributed by atoms with Gasteiger partial charge >= 0.3 is 11.9 Å². The normalized spacial score (nSPS) is 18.9. The molecule has 1 aliphatic heterocycles. The maximum absolute atomic E-state index is 10.7. The average molecular weight is 230 g/mol. The summed E-state index contributed by atoms with van der Waals surface area (Å²) >= 11 is 0. The number of piperidine rings is 1. The van der Waals surface area contributed by atoms with Crippen LogP contribution in [0.1, 0.15) is 12.8 Å². The molecule has 1 rings (SSSR count). The van der Waals surface area contributed by atoms with E-state index in [2.05, 4.69) is 4.90 Å². The maximum Gasteiger partial charge on any atom is 0.317 e. The molecule has 92 valence electrons. The Balaban J connectivity index is 2.53. The fourth-order valence-electron chi connectivity index (χ4n) is 2.02. The monoisotopic (exact) mass is 230 g/mol. The molecular formula is C10H18N2O4. The third kappa shape index (κ3) is 4.16. The number of hydrogen-bond donors (Lipinski definition) is 2. The van der Waals surface area contributed by atoms with E-state index in [1.165, 1.54) is 4.90 Å². The molecule has 0 amide bonds. The van der Waals surface area contributed by atoms with Gasteiger partial charge in [0.25, 0.3) is 0 Å². The number of nitrogens with zero attached hydrogens (tertiary/aromatic N) is 2. The summed E-state index contributed by atoms with van der Waals surface area (Å²) in [5, 5.41) is 17.5. The number of carbonyl (C=O) groups is 2. The van der Waals surface area contributed by atoms with Crippen LogP contribution in [-0.4, -0.2) is 71.2 Å². The molecule has 0 unspecified atom stereocenters. The van der Waals surface area contributed by atoms with E-state index in [4.69, 9.17) is 10.2 Å². The van der Waals surface area contributed by atoms with Gasteiger partial charge in [-0.1, -0.05) is 0 Å². The van der Waals surface area contributed by atoms with Crippen molar-refractivity contribution in [3.63, 3.8) is 0 Å². The molecule has 0 spiro atoms. The second kappa shape index (κ2) is 5.81. The SMILES string of the molecule is CN1CCC(N(CC(=O)O)CC(=O)O)CC1. The Kier molecular flexibility index (Phi) is 4.70. The average Bonchev–Trinajstić information content (AvgIpc) is 2.16. The molecule has 0 radical (unpaired) electrons. The topological polar surface area (TPSA) is 81.1 Å². The van der Waals surface area contributed by atoms with Gasteiger partial charge in [0.05, 0.1) is 13.1 Å². The van der Waals surface area contributed by atoms with E-state index in [1.807, 2.05) is 7.05 Å². The van der Waals surface area contributed by atoms with Gasteiger partial charge in [-0.3, -0.25) is 14.5 Å². The van der Waals surface area contributed by atoms with E-state index < -0.39 is 11.9 Å². The van der Waals surface area contributed by atoms with Gasteiger partial charge < -0.3 is 15.1 Å². The molecule has 6 heteroatoms. The lowest BCUT2D eigenvalue weighted by molar-refractivity contribution is -0.143. The van der Waals surface area contributed by atoms with Crippen LogP contribution in [0.2, 0.25) is 0 Å². The number of carboxylic acid groups (broad SMARTS) is 2. The van der Waals surface area contributed by atoms with Crippen LogP contribution >= 0.6 is 0 Å². The Labute approximate surface area is 94.4 Å². The lowest BCUT2D eigenvalue weighted by Gasteiger charge is -2.35. The van der Waals surface area contributed by atoms with E-state index in [9.17, 15) is 9.59 Å². The lowest BCUT2D eigenvalue weighted by atomic mass is 10.0. The van der Waals surface area contributed by atoms with Gasteiger partial charge in [0.2, 0.25) is 0 Å². The standard InChI is InChI=1S/C10H18N2O4/c1-11-4-2-8(3-5-11)12(6-9(13)14)7-10(15)16/h8H,2-7H2,1H3,(H,13,14)(H,15,16). The predicted molar refractivity (Wildman–Crippen MR) is 57.4 cm³/mol. The van der Waals surface area contributed by atoms with Crippen molar-refractivity contribution >= 4 is 11.9 Å². The first-order valence-corrected chi connectivity index (χ1v) is 5.35. The highest BCUT2D eigenvalue weighted by atomic mass is 16.4. The Bertz CT molecular complexity index is 246. The Hall–Kier alpha value is -1.14. The molecule has 1 heterocycles. The first-order valence-electron chi connectivity index (χ1n) is 5.35. The van der Waals surface area contributed by atoms with Gasteiger partial charge in [-0.05, 0) is 33.0 Å². The highest BCUT2D eigenvalue weighted by Crippen LogP contribution is 2.15. The highest BCUT2D eigenvalue weighted by Gasteiger charge is 2.26. The number of hydrogen-bond acceptors (Lipinski definition) is 4. The van der Waals surface area contributed by atoms with Crippen molar-refractivity contribution in [1.29, 1.82) is 0 Å². The zero-order chi connectivity index (χ0) is 12.1. The summed E-state index contributed by atoms with van der Waals surface area (Å²) in [6, 6.07) is 0.0726. The van der Waals surface area contributed by atoms with Crippen LogP contribution in [0.5, 0.6) is 0 Å². The summed E-state index contributed by atoms with van der Waals surface area (Å²) in [4.78, 5) is 25.0. The lowest BCUT2D eigenvalue weighted by Crippen LogP contribution is -2.47. The van der Waals surface area contributed by atoms with Crippen molar-refractivity contribution in [2.45, 2.75) is 18.9 Å². The van der Waals surface area contributed by atoms with Crippen molar-refractivity contribution in [3.05, 3.63) is 0 Å². The smallest absolute Gasteiger partial charge is 0.317 e. The van der Waals surface area contributed by atoms with E-state index >= 15 is 0 Å². The van der Waals surface area contributed by atoms with Gasteiger partial charge in [0.15, 0.2) is 0 Å². The molecule has 0 aromatic carbocycles. The molecular weight excluding hydrogens is 212 g/mol. The zero-order valence-corrected chi connectivity index (χ0v) is 9.43. The minimum absolute atomic E-state index is 0.0726. The molecule has 0 aromatic rings. The number of rotatable bonds is 5. The number of aliphatic carboxylic acids is 2. The van der Waals surface area contributed by atoms with Crippen LogP contribution in [0.15, 0.2) is 0 Å². The van der Waals surface area contributed by atoms with Gasteiger partial charge in [0, 0.05) is 6.04 Å². The van der Waals surface area contributed by atoms with Crippen molar-refractivity contribution < 1.29 is 19.8 Å². The van der Waals surface area contributed by atoms with Gasteiger partial charge in [-0.2, -0.15) is 0 Å². The summed E-state index contributed by atoms with van der Waals surface area (Å²) in [7, 11) is 2.01. The summed E-state index contributed by atoms with van der Waals surface area (Å²) in [6.07, 6.45) is 1.66. The van der Waals surface area contributed by atoms with Crippen molar-refractivity contribution in [2.24, 2.45) is 0 Å². The zero-order valence-electron chi connectivity index (χ0n) is 9.43. The molecule has 6 nitrogen and oxygen atoms in total. The Morgan fingerprint density at radius 2 is 1.62 bits per heavy atom. The van der Waals surface area contributed by atoms with Gasteiger partial charge in [-0.15, -0.1) is 0 Å². The van der Waals surface area contributed by atoms with Gasteiger partial charge in [-0.25, -0.2) is 0 Å². The Morgan fingerprint density at radius 3 is 2.00 bits per heavy atom. The summed E-state index contributed by atoms with van der Waals surface area (Å²) < 4.78 is 0. The molecule has 1 aliphatic rings. The fraction of sp³-hybridized carbons (Fsp3) is 0.800. The van der Waals surface area contributed by atoms with E-state index in [1.54, 1.807) is 0 Å². The minimum atomic E-state index is -0.972. The first kappa shape index (κ1) is 12.9. The molecule has 0 bridgehead atoms. The third-order valence-corrected chi connectivity index (χ3v) is 2.88. The molecule has 0 aliphatic carbocycles. The summed E-state index contributed by atoms with van der Waals surface area (Å²) in [6.45, 7) is 1.39. The minimum Gasteiger partial charge on any atom is -0.480 e. The third-order valence-electron chi connectivity index (χ3n) is 2.88.